The summed E-state index contributed by atoms with van der Waals surface area (Å²) in [6.45, 7) is 0.0160. The van der Waals surface area contributed by atoms with Crippen molar-refractivity contribution < 1.29 is 36.2 Å². The smallest absolute Gasteiger partial charge is 0.446 e. The summed E-state index contributed by atoms with van der Waals surface area (Å²) in [6, 6.07) is 13.5. The van der Waals surface area contributed by atoms with Crippen molar-refractivity contribution in [2.24, 2.45) is 0 Å². The number of hydrogen-bond acceptors (Lipinski definition) is 6. The second-order valence-corrected chi connectivity index (χ2v) is 10.6. The van der Waals surface area contributed by atoms with Crippen LogP contribution < -0.4 is 10.1 Å². The van der Waals surface area contributed by atoms with Gasteiger partial charge in [-0.25, -0.2) is 8.42 Å². The highest BCUT2D eigenvalue weighted by molar-refractivity contribution is 8.00. The highest BCUT2D eigenvalue weighted by Crippen LogP contribution is 2.37. The van der Waals surface area contributed by atoms with Gasteiger partial charge in [0.15, 0.2) is 9.84 Å². The molecule has 0 unspecified atom stereocenters. The first-order valence-electron chi connectivity index (χ1n) is 9.43. The van der Waals surface area contributed by atoms with Gasteiger partial charge in [0.05, 0.1) is 0 Å². The van der Waals surface area contributed by atoms with E-state index in [-0.39, 0.29) is 44.4 Å². The molecule has 0 saturated heterocycles. The maximum Gasteiger partial charge on any atom is 0.446 e. The van der Waals surface area contributed by atoms with Gasteiger partial charge >= 0.3 is 5.51 Å². The Balaban J connectivity index is 1.65. The molecule has 0 saturated carbocycles. The number of aromatic hydroxyl groups is 1. The SMILES string of the molecule is CS(=O)(=O)c1cc(NC(=O)c2ccc(COc3ccc(SC(F)(F)F)cc3)c(Cl)c2)ccc1O. The van der Waals surface area contributed by atoms with E-state index in [1.54, 1.807) is 6.07 Å². The molecule has 0 aliphatic carbocycles. The Morgan fingerprint density at radius 2 is 1.76 bits per heavy atom. The first kappa shape index (κ1) is 25.7. The molecule has 2 N–H and O–H groups in total. The van der Waals surface area contributed by atoms with Crippen LogP contribution in [0.25, 0.3) is 0 Å². The number of benzene rings is 3. The molecule has 180 valence electrons. The first-order valence-corrected chi connectivity index (χ1v) is 12.5. The lowest BCUT2D eigenvalue weighted by Crippen LogP contribution is -2.13. The Kier molecular flexibility index (Phi) is 7.69. The van der Waals surface area contributed by atoms with Gasteiger partial charge in [-0.05, 0) is 66.4 Å². The summed E-state index contributed by atoms with van der Waals surface area (Å²) in [5.41, 5.74) is -3.48. The zero-order chi connectivity index (χ0) is 25.1. The number of amides is 1. The zero-order valence-corrected chi connectivity index (χ0v) is 19.8. The fourth-order valence-corrected chi connectivity index (χ4v) is 4.36. The van der Waals surface area contributed by atoms with Crippen molar-refractivity contribution in [3.8, 4) is 11.5 Å². The molecule has 0 radical (unpaired) electrons. The van der Waals surface area contributed by atoms with Crippen molar-refractivity contribution in [2.45, 2.75) is 21.9 Å². The lowest BCUT2D eigenvalue weighted by Gasteiger charge is -2.11. The van der Waals surface area contributed by atoms with Gasteiger partial charge < -0.3 is 15.2 Å². The maximum absolute atomic E-state index is 12.5. The molecule has 0 aliphatic heterocycles. The number of alkyl halides is 3. The van der Waals surface area contributed by atoms with E-state index in [2.05, 4.69) is 5.32 Å². The number of halogens is 4. The van der Waals surface area contributed by atoms with Gasteiger partial charge in [0.2, 0.25) is 0 Å². The minimum Gasteiger partial charge on any atom is -0.507 e. The first-order chi connectivity index (χ1) is 15.8. The monoisotopic (exact) mass is 531 g/mol. The maximum atomic E-state index is 12.5. The fourth-order valence-electron chi connectivity index (χ4n) is 2.80. The molecule has 0 heterocycles. The van der Waals surface area contributed by atoms with E-state index in [9.17, 15) is 31.5 Å². The minimum absolute atomic E-state index is 0.0160. The summed E-state index contributed by atoms with van der Waals surface area (Å²) < 4.78 is 66.2. The standard InChI is InChI=1S/C22H17ClF3NO5S2/c1-34(30,31)20-11-15(4-9-19(20)28)27-21(29)13-2-3-14(18(23)10-13)12-32-16-5-7-17(8-6-16)33-22(24,25)26/h2-11,28H,12H2,1H3,(H,27,29). The normalized spacial score (nSPS) is 11.8. The average Bonchev–Trinajstić information content (AvgIpc) is 2.73. The summed E-state index contributed by atoms with van der Waals surface area (Å²) in [4.78, 5) is 12.3. The van der Waals surface area contributed by atoms with E-state index < -0.39 is 27.0 Å². The molecule has 0 aromatic heterocycles. The van der Waals surface area contributed by atoms with Gasteiger partial charge in [0, 0.05) is 33.0 Å². The number of nitrogens with one attached hydrogen (secondary N) is 1. The molecule has 34 heavy (non-hydrogen) atoms. The molecule has 12 heteroatoms. The fraction of sp³-hybridized carbons (Fsp3) is 0.136. The Labute approximate surface area is 202 Å². The van der Waals surface area contributed by atoms with E-state index in [4.69, 9.17) is 16.3 Å². The van der Waals surface area contributed by atoms with Crippen molar-refractivity contribution in [3.05, 3.63) is 76.8 Å². The summed E-state index contributed by atoms with van der Waals surface area (Å²) in [6.07, 6.45) is 0.935. The van der Waals surface area contributed by atoms with Crippen LogP contribution in [0.3, 0.4) is 0 Å². The average molecular weight is 532 g/mol. The summed E-state index contributed by atoms with van der Waals surface area (Å²) in [5.74, 6) is -0.641. The molecule has 0 fully saturated rings. The number of thioether (sulfide) groups is 1. The van der Waals surface area contributed by atoms with Crippen LogP contribution in [0.15, 0.2) is 70.5 Å². The van der Waals surface area contributed by atoms with Crippen LogP contribution in [-0.4, -0.2) is 31.2 Å². The van der Waals surface area contributed by atoms with Crippen LogP contribution in [-0.2, 0) is 16.4 Å². The Morgan fingerprint density at radius 1 is 1.09 bits per heavy atom. The van der Waals surface area contributed by atoms with E-state index in [0.717, 1.165) is 18.4 Å². The topological polar surface area (TPSA) is 92.7 Å². The number of rotatable bonds is 7. The highest BCUT2D eigenvalue weighted by atomic mass is 35.5. The van der Waals surface area contributed by atoms with Gasteiger partial charge in [0.25, 0.3) is 5.91 Å². The third-order valence-corrected chi connectivity index (χ3v) is 6.60. The minimum atomic E-state index is -4.37. The molecule has 0 aliphatic rings. The van der Waals surface area contributed by atoms with E-state index in [1.165, 1.54) is 42.5 Å². The quantitative estimate of drug-likeness (QED) is 0.291. The number of ether oxygens (including phenoxy) is 1. The molecule has 3 rings (SSSR count). The molecule has 3 aromatic carbocycles. The zero-order valence-electron chi connectivity index (χ0n) is 17.4. The lowest BCUT2D eigenvalue weighted by molar-refractivity contribution is -0.0328. The summed E-state index contributed by atoms with van der Waals surface area (Å²) in [5, 5.41) is 12.5. The van der Waals surface area contributed by atoms with E-state index in [0.29, 0.717) is 11.3 Å². The number of carbonyl (C=O) groups is 1. The van der Waals surface area contributed by atoms with Gasteiger partial charge in [-0.15, -0.1) is 0 Å². The number of carbonyl (C=O) groups excluding carboxylic acids is 1. The third-order valence-electron chi connectivity index (χ3n) is 4.38. The van der Waals surface area contributed by atoms with Crippen LogP contribution in [0.5, 0.6) is 11.5 Å². The number of hydrogen-bond donors (Lipinski definition) is 2. The third kappa shape index (κ3) is 7.05. The van der Waals surface area contributed by atoms with Gasteiger partial charge in [-0.2, -0.15) is 13.2 Å². The van der Waals surface area contributed by atoms with Crippen LogP contribution in [0.4, 0.5) is 18.9 Å². The lowest BCUT2D eigenvalue weighted by atomic mass is 10.1. The number of sulfone groups is 1. The van der Waals surface area contributed by atoms with Gasteiger partial charge in [-0.3, -0.25) is 4.79 Å². The number of anilines is 1. The number of phenols is 1. The molecule has 3 aromatic rings. The Morgan fingerprint density at radius 3 is 2.35 bits per heavy atom. The molecule has 1 amide bonds. The molecule has 6 nitrogen and oxygen atoms in total. The van der Waals surface area contributed by atoms with E-state index in [1.807, 2.05) is 0 Å². The van der Waals surface area contributed by atoms with Crippen molar-refractivity contribution in [1.29, 1.82) is 0 Å². The second-order valence-electron chi connectivity index (χ2n) is 7.02. The Hall–Kier alpha value is -2.89. The molecular formula is C22H17ClF3NO5S2. The van der Waals surface area contributed by atoms with E-state index >= 15 is 0 Å². The second kappa shape index (κ2) is 10.2. The van der Waals surface area contributed by atoms with Crippen LogP contribution in [0.1, 0.15) is 15.9 Å². The predicted molar refractivity (Wildman–Crippen MR) is 123 cm³/mol. The van der Waals surface area contributed by atoms with Gasteiger partial charge in [0.1, 0.15) is 23.0 Å². The number of phenolic OH excluding ortho intramolecular Hbond substituents is 1. The highest BCUT2D eigenvalue weighted by Gasteiger charge is 2.29. The van der Waals surface area contributed by atoms with Gasteiger partial charge in [-0.1, -0.05) is 17.7 Å². The summed E-state index contributed by atoms with van der Waals surface area (Å²) >= 11 is 6.02. The van der Waals surface area contributed by atoms with Crippen molar-refractivity contribution in [3.63, 3.8) is 0 Å². The molecule has 0 atom stereocenters. The van der Waals surface area contributed by atoms with Crippen LogP contribution in [0.2, 0.25) is 5.02 Å². The largest absolute Gasteiger partial charge is 0.507 e. The molecule has 0 spiro atoms. The van der Waals surface area contributed by atoms with Crippen molar-refractivity contribution in [2.75, 3.05) is 11.6 Å². The Bertz CT molecular complexity index is 1310. The van der Waals surface area contributed by atoms with Crippen molar-refractivity contribution in [1.82, 2.24) is 0 Å². The predicted octanol–water partition coefficient (Wildman–Crippen LogP) is 5.89. The summed E-state index contributed by atoms with van der Waals surface area (Å²) in [7, 11) is -3.70. The molecular weight excluding hydrogens is 515 g/mol. The molecule has 0 bridgehead atoms. The van der Waals surface area contributed by atoms with Crippen LogP contribution in [0, 0.1) is 0 Å². The van der Waals surface area contributed by atoms with Crippen LogP contribution >= 0.6 is 23.4 Å². The van der Waals surface area contributed by atoms with Crippen molar-refractivity contribution >= 4 is 44.8 Å².